The molecule has 0 aliphatic rings. The number of hydrogen-bond acceptors (Lipinski definition) is 16. The molecule has 4 aromatic rings. The molecule has 0 aliphatic heterocycles. The molecule has 0 saturated carbocycles. The summed E-state index contributed by atoms with van der Waals surface area (Å²) in [4.78, 5) is 0.919. The van der Waals surface area contributed by atoms with Gasteiger partial charge >= 0.3 is 0 Å². The standard InChI is InChI=1S/C24H21N5O9S2.Cu/c1-25-15-5-8-17-13(9-15)10-22(40-38-36-33)23(24(17)31)29-27-18-12-21(34-2)19(11-20(18)30)28-26-14-3-6-16(7-4-14)39-37-35-32;/h3-12,25,30-33H,1-2H3;. The van der Waals surface area contributed by atoms with E-state index in [1.807, 2.05) is 0 Å². The van der Waals surface area contributed by atoms with E-state index in [1.54, 1.807) is 55.6 Å². The van der Waals surface area contributed by atoms with E-state index < -0.39 is 0 Å². The van der Waals surface area contributed by atoms with E-state index in [1.165, 1.54) is 19.2 Å². The number of nitrogens with one attached hydrogen (secondary N) is 1. The maximum atomic E-state index is 10.9. The zero-order valence-electron chi connectivity index (χ0n) is 21.0. The third-order valence-corrected chi connectivity index (χ3v) is 6.51. The van der Waals surface area contributed by atoms with Crippen LogP contribution in [-0.4, -0.2) is 34.9 Å². The summed E-state index contributed by atoms with van der Waals surface area (Å²) in [5.74, 6) is -0.246. The van der Waals surface area contributed by atoms with Crippen LogP contribution in [0.5, 0.6) is 17.2 Å². The van der Waals surface area contributed by atoms with Crippen molar-refractivity contribution in [3.63, 3.8) is 0 Å². The van der Waals surface area contributed by atoms with Crippen LogP contribution in [0.3, 0.4) is 0 Å². The number of benzene rings is 4. The SMILES string of the molecule is CNc1ccc2c(O)c(N=Nc3cc(OC)c(N=Nc4ccc(SOOO)cc4)cc3O)c(SOOO)cc2c1.[Cu]. The number of phenolic OH excluding ortho intramolecular Hbond substituents is 2. The third-order valence-electron chi connectivity index (χ3n) is 5.30. The summed E-state index contributed by atoms with van der Waals surface area (Å²) in [6.45, 7) is 0. The minimum atomic E-state index is -0.283. The van der Waals surface area contributed by atoms with Gasteiger partial charge in [0.25, 0.3) is 0 Å². The van der Waals surface area contributed by atoms with E-state index in [0.717, 1.165) is 17.7 Å². The molecule has 41 heavy (non-hydrogen) atoms. The monoisotopic (exact) mass is 650 g/mol. The van der Waals surface area contributed by atoms with Gasteiger partial charge in [0, 0.05) is 52.2 Å². The van der Waals surface area contributed by atoms with Crippen LogP contribution in [0.25, 0.3) is 10.8 Å². The quantitative estimate of drug-likeness (QED) is 0.0327. The predicted octanol–water partition coefficient (Wildman–Crippen LogP) is 7.99. The molecule has 0 unspecified atom stereocenters. The van der Waals surface area contributed by atoms with E-state index in [9.17, 15) is 10.2 Å². The van der Waals surface area contributed by atoms with Crippen molar-refractivity contribution >= 4 is 63.3 Å². The molecule has 0 heterocycles. The van der Waals surface area contributed by atoms with Gasteiger partial charge in [-0.3, -0.25) is 0 Å². The first-order valence-corrected chi connectivity index (χ1v) is 12.6. The molecule has 5 N–H and O–H groups in total. The van der Waals surface area contributed by atoms with E-state index in [4.69, 9.17) is 15.3 Å². The van der Waals surface area contributed by atoms with Crippen LogP contribution in [0.15, 0.2) is 90.9 Å². The number of aromatic hydroxyl groups is 2. The molecule has 14 nitrogen and oxygen atoms in total. The number of nitrogens with zero attached hydrogens (tertiary/aromatic N) is 4. The Balaban J connectivity index is 0.00000462. The summed E-state index contributed by atoms with van der Waals surface area (Å²) in [6.07, 6.45) is 0. The number of azo groups is 2. The van der Waals surface area contributed by atoms with Crippen molar-refractivity contribution in [3.8, 4) is 17.2 Å². The maximum Gasteiger partial charge on any atom is 0.152 e. The average molecular weight is 651 g/mol. The first-order chi connectivity index (χ1) is 19.5. The molecule has 17 heteroatoms. The fourth-order valence-electron chi connectivity index (χ4n) is 3.43. The van der Waals surface area contributed by atoms with Gasteiger partial charge in [-0.2, -0.15) is 5.11 Å². The van der Waals surface area contributed by atoms with Crippen molar-refractivity contribution in [1.82, 2.24) is 0 Å². The summed E-state index contributed by atoms with van der Waals surface area (Å²) in [5, 5.41) is 66.3. The molecule has 219 valence electrons. The zero-order chi connectivity index (χ0) is 28.5. The van der Waals surface area contributed by atoms with Gasteiger partial charge in [0.2, 0.25) is 0 Å². The molecule has 4 rings (SSSR count). The van der Waals surface area contributed by atoms with Crippen LogP contribution in [0.1, 0.15) is 0 Å². The second kappa shape index (κ2) is 15.5. The largest absolute Gasteiger partial charge is 0.506 e. The molecular formula is C24H21CuN5O9S2. The number of fused-ring (bicyclic) bond motifs is 1. The average Bonchev–Trinajstić information content (AvgIpc) is 2.98. The van der Waals surface area contributed by atoms with Gasteiger partial charge < -0.3 is 20.3 Å². The smallest absolute Gasteiger partial charge is 0.152 e. The van der Waals surface area contributed by atoms with Crippen LogP contribution >= 0.6 is 24.1 Å². The second-order valence-corrected chi connectivity index (χ2v) is 9.13. The fraction of sp³-hybridized carbons (Fsp3) is 0.0833. The Morgan fingerprint density at radius 2 is 1.49 bits per heavy atom. The number of ether oxygens (including phenoxy) is 1. The Morgan fingerprint density at radius 1 is 0.780 bits per heavy atom. The normalized spacial score (nSPS) is 11.3. The molecule has 0 spiro atoms. The Bertz CT molecular complexity index is 1540. The van der Waals surface area contributed by atoms with Gasteiger partial charge in [0.15, 0.2) is 5.75 Å². The van der Waals surface area contributed by atoms with Crippen molar-refractivity contribution in [2.45, 2.75) is 9.79 Å². The summed E-state index contributed by atoms with van der Waals surface area (Å²) in [5.41, 5.74) is 1.54. The van der Waals surface area contributed by atoms with E-state index in [0.29, 0.717) is 33.4 Å². The predicted molar refractivity (Wildman–Crippen MR) is 146 cm³/mol. The Morgan fingerprint density at radius 3 is 2.17 bits per heavy atom. The van der Waals surface area contributed by atoms with Gasteiger partial charge in [0.05, 0.1) is 41.8 Å². The second-order valence-electron chi connectivity index (χ2n) is 7.62. The number of rotatable bonds is 12. The molecule has 0 saturated heterocycles. The van der Waals surface area contributed by atoms with Crippen LogP contribution < -0.4 is 10.1 Å². The van der Waals surface area contributed by atoms with Crippen LogP contribution in [0.4, 0.5) is 28.4 Å². The Labute approximate surface area is 251 Å². The molecule has 0 aliphatic carbocycles. The van der Waals surface area contributed by atoms with Crippen LogP contribution in [-0.2, 0) is 35.8 Å². The minimum Gasteiger partial charge on any atom is -0.506 e. The minimum absolute atomic E-state index is 0. The van der Waals surface area contributed by atoms with Crippen molar-refractivity contribution in [2.24, 2.45) is 20.5 Å². The molecule has 0 bridgehead atoms. The zero-order valence-corrected chi connectivity index (χ0v) is 23.6. The van der Waals surface area contributed by atoms with Gasteiger partial charge in [-0.15, -0.1) is 24.0 Å². The fourth-order valence-corrected chi connectivity index (χ4v) is 4.28. The first-order valence-electron chi connectivity index (χ1n) is 11.1. The number of hydrogen-bond donors (Lipinski definition) is 5. The molecule has 0 atom stereocenters. The van der Waals surface area contributed by atoms with Crippen molar-refractivity contribution in [3.05, 3.63) is 60.7 Å². The Kier molecular flexibility index (Phi) is 12.1. The van der Waals surface area contributed by atoms with Crippen molar-refractivity contribution < 1.29 is 61.3 Å². The van der Waals surface area contributed by atoms with E-state index in [-0.39, 0.29) is 56.3 Å². The molecule has 0 aromatic heterocycles. The topological polar surface area (TPSA) is 189 Å². The Hall–Kier alpha value is -3.48. The molecule has 0 fully saturated rings. The number of anilines is 1. The van der Waals surface area contributed by atoms with Gasteiger partial charge in [-0.25, -0.2) is 10.5 Å². The van der Waals surface area contributed by atoms with Gasteiger partial charge in [-0.1, -0.05) is 10.1 Å². The van der Waals surface area contributed by atoms with Crippen molar-refractivity contribution in [1.29, 1.82) is 0 Å². The summed E-state index contributed by atoms with van der Waals surface area (Å²) >= 11 is 1.40. The number of methoxy groups -OCH3 is 1. The summed E-state index contributed by atoms with van der Waals surface area (Å²) in [7, 11) is 3.18. The van der Waals surface area contributed by atoms with Crippen LogP contribution in [0, 0.1) is 0 Å². The summed E-state index contributed by atoms with van der Waals surface area (Å²) in [6, 6.07) is 16.3. The maximum absolute atomic E-state index is 10.9. The third kappa shape index (κ3) is 8.05. The first kappa shape index (κ1) is 32.0. The van der Waals surface area contributed by atoms with E-state index in [2.05, 4.69) is 44.5 Å². The molecule has 0 amide bonds. The summed E-state index contributed by atoms with van der Waals surface area (Å²) < 4.78 is 14.3. The van der Waals surface area contributed by atoms with E-state index >= 15 is 0 Å². The van der Waals surface area contributed by atoms with Gasteiger partial charge in [-0.05, 0) is 53.9 Å². The van der Waals surface area contributed by atoms with Crippen LogP contribution in [0.2, 0.25) is 0 Å². The molecular weight excluding hydrogens is 630 g/mol. The van der Waals surface area contributed by atoms with Gasteiger partial charge in [0.1, 0.15) is 28.6 Å². The number of phenols is 2. The van der Waals surface area contributed by atoms with Crippen molar-refractivity contribution in [2.75, 3.05) is 19.5 Å². The molecule has 4 aromatic carbocycles. The molecule has 1 radical (unpaired) electrons.